The molecule has 0 spiro atoms. The van der Waals surface area contributed by atoms with Crippen LogP contribution in [0.2, 0.25) is 0 Å². The zero-order valence-electron chi connectivity index (χ0n) is 8.56. The van der Waals surface area contributed by atoms with Crippen LogP contribution in [0.1, 0.15) is 11.3 Å². The molecule has 0 saturated heterocycles. The number of benzene rings is 1. The van der Waals surface area contributed by atoms with Crippen LogP contribution in [0, 0.1) is 0 Å². The molecule has 0 amide bonds. The van der Waals surface area contributed by atoms with Crippen molar-refractivity contribution in [1.82, 2.24) is 4.98 Å². The molecule has 0 fully saturated rings. The lowest BCUT2D eigenvalue weighted by Crippen LogP contribution is -1.94. The van der Waals surface area contributed by atoms with Crippen molar-refractivity contribution < 1.29 is 0 Å². The first-order valence-electron chi connectivity index (χ1n) is 5.09. The van der Waals surface area contributed by atoms with Gasteiger partial charge in [-0.25, -0.2) is 0 Å². The topological polar surface area (TPSA) is 38.9 Å². The predicted molar refractivity (Wildman–Crippen MR) is 62.5 cm³/mol. The maximum absolute atomic E-state index is 5.62. The predicted octanol–water partition coefficient (Wildman–Crippen LogP) is 2.45. The molecule has 0 aliphatic carbocycles. The van der Waals surface area contributed by atoms with Gasteiger partial charge in [0.1, 0.15) is 0 Å². The van der Waals surface area contributed by atoms with E-state index in [0.717, 1.165) is 24.2 Å². The van der Waals surface area contributed by atoms with Crippen LogP contribution >= 0.6 is 0 Å². The van der Waals surface area contributed by atoms with Crippen molar-refractivity contribution in [3.8, 4) is 0 Å². The van der Waals surface area contributed by atoms with E-state index in [-0.39, 0.29) is 0 Å². The number of anilines is 1. The van der Waals surface area contributed by atoms with Gasteiger partial charge >= 0.3 is 0 Å². The molecule has 0 radical (unpaired) electrons. The van der Waals surface area contributed by atoms with E-state index < -0.39 is 0 Å². The lowest BCUT2D eigenvalue weighted by Gasteiger charge is -2.01. The molecule has 2 rings (SSSR count). The van der Waals surface area contributed by atoms with Crippen molar-refractivity contribution in [1.29, 1.82) is 0 Å². The highest BCUT2D eigenvalue weighted by Gasteiger charge is 1.95. The third kappa shape index (κ3) is 2.81. The van der Waals surface area contributed by atoms with Crippen LogP contribution in [0.5, 0.6) is 0 Å². The van der Waals surface area contributed by atoms with E-state index in [2.05, 4.69) is 23.2 Å². The molecule has 2 aromatic rings. The van der Waals surface area contributed by atoms with Crippen molar-refractivity contribution in [2.75, 3.05) is 5.73 Å². The molecule has 2 heteroatoms. The maximum atomic E-state index is 5.62. The number of aromatic nitrogens is 1. The van der Waals surface area contributed by atoms with Gasteiger partial charge in [0.05, 0.1) is 0 Å². The molecule has 0 aliphatic heterocycles. The van der Waals surface area contributed by atoms with Gasteiger partial charge in [0.25, 0.3) is 0 Å². The largest absolute Gasteiger partial charge is 0.399 e. The Labute approximate surface area is 89.8 Å². The van der Waals surface area contributed by atoms with Crippen LogP contribution in [0.25, 0.3) is 0 Å². The van der Waals surface area contributed by atoms with Crippen LogP contribution < -0.4 is 5.73 Å². The smallest absolute Gasteiger partial charge is 0.0406 e. The molecule has 1 aromatic carbocycles. The number of aryl methyl sites for hydroxylation is 2. The summed E-state index contributed by atoms with van der Waals surface area (Å²) >= 11 is 0. The Kier molecular flexibility index (Phi) is 2.98. The first-order chi connectivity index (χ1) is 7.34. The van der Waals surface area contributed by atoms with Gasteiger partial charge in [0, 0.05) is 17.6 Å². The van der Waals surface area contributed by atoms with Crippen molar-refractivity contribution in [2.45, 2.75) is 12.8 Å². The minimum absolute atomic E-state index is 0.816. The van der Waals surface area contributed by atoms with Crippen LogP contribution in [0.4, 0.5) is 5.69 Å². The number of nitrogen functional groups attached to an aromatic ring is 1. The Morgan fingerprint density at radius 3 is 2.40 bits per heavy atom. The third-order valence-electron chi connectivity index (χ3n) is 2.38. The monoisotopic (exact) mass is 198 g/mol. The van der Waals surface area contributed by atoms with Gasteiger partial charge in [0.15, 0.2) is 0 Å². The van der Waals surface area contributed by atoms with Crippen molar-refractivity contribution in [2.24, 2.45) is 0 Å². The molecule has 2 N–H and O–H groups in total. The van der Waals surface area contributed by atoms with Gasteiger partial charge in [-0.1, -0.05) is 18.2 Å². The Morgan fingerprint density at radius 1 is 0.933 bits per heavy atom. The summed E-state index contributed by atoms with van der Waals surface area (Å²) in [4.78, 5) is 4.29. The van der Waals surface area contributed by atoms with Gasteiger partial charge in [0.2, 0.25) is 0 Å². The molecular weight excluding hydrogens is 184 g/mol. The zero-order chi connectivity index (χ0) is 10.5. The Balaban J connectivity index is 1.96. The van der Waals surface area contributed by atoms with E-state index in [0.29, 0.717) is 0 Å². The van der Waals surface area contributed by atoms with Crippen LogP contribution in [0.3, 0.4) is 0 Å². The number of hydrogen-bond donors (Lipinski definition) is 1. The van der Waals surface area contributed by atoms with Crippen LogP contribution in [-0.2, 0) is 12.8 Å². The molecule has 0 atom stereocenters. The fraction of sp³-hybridized carbons (Fsp3) is 0.154. The van der Waals surface area contributed by atoms with E-state index in [1.165, 1.54) is 5.56 Å². The number of nitrogens with zero attached hydrogens (tertiary/aromatic N) is 1. The summed E-state index contributed by atoms with van der Waals surface area (Å²) in [7, 11) is 0. The average molecular weight is 198 g/mol. The van der Waals surface area contributed by atoms with Gasteiger partial charge < -0.3 is 5.73 Å². The quantitative estimate of drug-likeness (QED) is 0.769. The Hall–Kier alpha value is -1.83. The molecule has 0 unspecified atom stereocenters. The molecule has 2 nitrogen and oxygen atoms in total. The van der Waals surface area contributed by atoms with Crippen LogP contribution in [0.15, 0.2) is 48.7 Å². The second-order valence-corrected chi connectivity index (χ2v) is 3.56. The summed E-state index contributed by atoms with van der Waals surface area (Å²) in [6.45, 7) is 0. The lowest BCUT2D eigenvalue weighted by molar-refractivity contribution is 0.914. The second kappa shape index (κ2) is 4.60. The molecule has 0 bridgehead atoms. The number of rotatable bonds is 3. The fourth-order valence-corrected chi connectivity index (χ4v) is 1.50. The van der Waals surface area contributed by atoms with E-state index in [4.69, 9.17) is 5.73 Å². The Bertz CT molecular complexity index is 406. The fourth-order valence-electron chi connectivity index (χ4n) is 1.50. The average Bonchev–Trinajstić information content (AvgIpc) is 2.30. The molecule has 15 heavy (non-hydrogen) atoms. The van der Waals surface area contributed by atoms with E-state index in [1.54, 1.807) is 0 Å². The lowest BCUT2D eigenvalue weighted by atomic mass is 10.1. The maximum Gasteiger partial charge on any atom is 0.0406 e. The van der Waals surface area contributed by atoms with Gasteiger partial charge in [-0.2, -0.15) is 0 Å². The molecular formula is C13H14N2. The van der Waals surface area contributed by atoms with Gasteiger partial charge in [-0.15, -0.1) is 0 Å². The van der Waals surface area contributed by atoms with Gasteiger partial charge in [-0.05, 0) is 42.7 Å². The normalized spacial score (nSPS) is 10.1. The first kappa shape index (κ1) is 9.71. The number of pyridine rings is 1. The highest BCUT2D eigenvalue weighted by atomic mass is 14.7. The molecule has 76 valence electrons. The highest BCUT2D eigenvalue weighted by Crippen LogP contribution is 2.08. The summed E-state index contributed by atoms with van der Waals surface area (Å²) in [6, 6.07) is 14.0. The summed E-state index contributed by atoms with van der Waals surface area (Å²) in [6.07, 6.45) is 3.82. The minimum Gasteiger partial charge on any atom is -0.399 e. The Morgan fingerprint density at radius 2 is 1.73 bits per heavy atom. The SMILES string of the molecule is Nc1ccc(CCc2ccccn2)cc1. The van der Waals surface area contributed by atoms with Crippen molar-refractivity contribution in [3.05, 3.63) is 59.9 Å². The van der Waals surface area contributed by atoms with E-state index in [1.807, 2.05) is 30.5 Å². The number of hydrogen-bond acceptors (Lipinski definition) is 2. The van der Waals surface area contributed by atoms with Crippen LogP contribution in [-0.4, -0.2) is 4.98 Å². The van der Waals surface area contributed by atoms with E-state index in [9.17, 15) is 0 Å². The summed E-state index contributed by atoms with van der Waals surface area (Å²) in [5.41, 5.74) is 8.87. The number of nitrogens with two attached hydrogens (primary N) is 1. The zero-order valence-corrected chi connectivity index (χ0v) is 8.56. The molecule has 1 aromatic heterocycles. The molecule has 1 heterocycles. The van der Waals surface area contributed by atoms with Crippen molar-refractivity contribution in [3.63, 3.8) is 0 Å². The standard InChI is InChI=1S/C13H14N2/c14-12-7-4-11(5-8-12)6-9-13-3-1-2-10-15-13/h1-5,7-8,10H,6,9,14H2. The highest BCUT2D eigenvalue weighted by molar-refractivity contribution is 5.39. The summed E-state index contributed by atoms with van der Waals surface area (Å²) in [5, 5.41) is 0. The third-order valence-corrected chi connectivity index (χ3v) is 2.38. The van der Waals surface area contributed by atoms with Crippen molar-refractivity contribution >= 4 is 5.69 Å². The first-order valence-corrected chi connectivity index (χ1v) is 5.09. The minimum atomic E-state index is 0.816. The van der Waals surface area contributed by atoms with E-state index >= 15 is 0 Å². The summed E-state index contributed by atoms with van der Waals surface area (Å²) in [5.74, 6) is 0. The van der Waals surface area contributed by atoms with Gasteiger partial charge in [-0.3, -0.25) is 4.98 Å². The molecule has 0 aliphatic rings. The second-order valence-electron chi connectivity index (χ2n) is 3.56. The molecule has 0 saturated carbocycles. The summed E-state index contributed by atoms with van der Waals surface area (Å²) < 4.78 is 0.